The van der Waals surface area contributed by atoms with Crippen molar-refractivity contribution in [3.05, 3.63) is 59.8 Å². The van der Waals surface area contributed by atoms with Gasteiger partial charge in [-0.2, -0.15) is 0 Å². The smallest absolute Gasteiger partial charge is 0.123 e. The molecule has 0 aromatic rings. The first kappa shape index (κ1) is 30.2. The minimum Gasteiger partial charge on any atom is -0.386 e. The van der Waals surface area contributed by atoms with Crippen LogP contribution in [0, 0.1) is 11.8 Å². The van der Waals surface area contributed by atoms with Crippen LogP contribution in [0.3, 0.4) is 0 Å². The molecule has 2 unspecified atom stereocenters. The molecule has 0 bridgehead atoms. The van der Waals surface area contributed by atoms with Gasteiger partial charge in [-0.3, -0.25) is 0 Å². The normalized spacial score (nSPS) is 16.2. The molecule has 0 heterocycles. The Balaban J connectivity index is 4.44. The van der Waals surface area contributed by atoms with Crippen molar-refractivity contribution in [3.63, 3.8) is 0 Å². The van der Waals surface area contributed by atoms with Crippen LogP contribution in [-0.2, 0) is 0 Å². The summed E-state index contributed by atoms with van der Waals surface area (Å²) in [6.07, 6.45) is 17.2. The molecule has 2 atom stereocenters. The summed E-state index contributed by atoms with van der Waals surface area (Å²) in [5.74, 6) is 5.83. The van der Waals surface area contributed by atoms with Crippen LogP contribution in [0.25, 0.3) is 0 Å². The van der Waals surface area contributed by atoms with Gasteiger partial charge in [0.1, 0.15) is 5.60 Å². The molecule has 0 aliphatic heterocycles. The Morgan fingerprint density at radius 3 is 1.72 bits per heavy atom. The predicted molar refractivity (Wildman–Crippen MR) is 141 cm³/mol. The molecule has 2 N–H and O–H groups in total. The number of allylic oxidation sites excluding steroid dienone is 7. The minimum absolute atomic E-state index is 0.595. The van der Waals surface area contributed by atoms with E-state index < -0.39 is 11.2 Å². The molecule has 2 heteroatoms. The molecule has 2 nitrogen and oxygen atoms in total. The Kier molecular flexibility index (Phi) is 15.0. The lowest BCUT2D eigenvalue weighted by molar-refractivity contribution is 0.103. The topological polar surface area (TPSA) is 40.5 Å². The van der Waals surface area contributed by atoms with Crippen LogP contribution < -0.4 is 0 Å². The first-order chi connectivity index (χ1) is 14.8. The van der Waals surface area contributed by atoms with Crippen LogP contribution in [0.4, 0.5) is 0 Å². The Morgan fingerprint density at radius 1 is 0.781 bits per heavy atom. The molecular weight excluding hydrogens is 392 g/mol. The van der Waals surface area contributed by atoms with Crippen LogP contribution in [0.1, 0.15) is 106 Å². The summed E-state index contributed by atoms with van der Waals surface area (Å²) in [6.45, 7) is 19.8. The molecule has 0 spiro atoms. The summed E-state index contributed by atoms with van der Waals surface area (Å²) >= 11 is 0. The standard InChI is InChI=1S/C30H48O2/c1-25(2)15-11-17-27(5)19-13-23-29(7,31)21-9-10-22-30(8,32)24-14-20-28(6)18-12-16-26(3)4/h9,19-21,31-32H,1,3,11-18,23-24H2,2,4-8H3. The molecule has 0 aliphatic rings. The van der Waals surface area contributed by atoms with E-state index in [4.69, 9.17) is 0 Å². The van der Waals surface area contributed by atoms with E-state index in [1.807, 2.05) is 0 Å². The zero-order chi connectivity index (χ0) is 24.6. The van der Waals surface area contributed by atoms with Crippen molar-refractivity contribution in [3.8, 4) is 11.8 Å². The van der Waals surface area contributed by atoms with E-state index in [2.05, 4.69) is 64.8 Å². The average Bonchev–Trinajstić information content (AvgIpc) is 2.64. The number of aliphatic hydroxyl groups is 2. The number of hydrogen-bond donors (Lipinski definition) is 2. The van der Waals surface area contributed by atoms with Gasteiger partial charge in [0, 0.05) is 0 Å². The molecule has 0 radical (unpaired) electrons. The molecule has 32 heavy (non-hydrogen) atoms. The van der Waals surface area contributed by atoms with E-state index >= 15 is 0 Å². The second kappa shape index (κ2) is 15.9. The van der Waals surface area contributed by atoms with Gasteiger partial charge in [0.05, 0.1) is 5.60 Å². The van der Waals surface area contributed by atoms with Crippen LogP contribution in [-0.4, -0.2) is 21.4 Å². The van der Waals surface area contributed by atoms with Crippen molar-refractivity contribution in [2.75, 3.05) is 0 Å². The van der Waals surface area contributed by atoms with Crippen LogP contribution in [0.5, 0.6) is 0 Å². The molecule has 0 aromatic heterocycles. The third-order valence-corrected chi connectivity index (χ3v) is 5.48. The van der Waals surface area contributed by atoms with Gasteiger partial charge in [-0.25, -0.2) is 0 Å². The van der Waals surface area contributed by atoms with Crippen molar-refractivity contribution in [2.45, 2.75) is 117 Å². The SMILES string of the molecule is C=C(C)CCCC(C)=CCCC(C)(O)C#CC=CC(C)(O)CCC=C(C)CCCC(=C)C. The highest BCUT2D eigenvalue weighted by Gasteiger charge is 2.16. The summed E-state index contributed by atoms with van der Waals surface area (Å²) in [4.78, 5) is 0. The Labute approximate surface area is 198 Å². The first-order valence-electron chi connectivity index (χ1n) is 12.1. The fourth-order valence-electron chi connectivity index (χ4n) is 3.32. The monoisotopic (exact) mass is 440 g/mol. The minimum atomic E-state index is -1.03. The Morgan fingerprint density at radius 2 is 1.25 bits per heavy atom. The highest BCUT2D eigenvalue weighted by molar-refractivity contribution is 5.23. The molecule has 0 fully saturated rings. The predicted octanol–water partition coefficient (Wildman–Crippen LogP) is 7.99. The third-order valence-electron chi connectivity index (χ3n) is 5.48. The molecular formula is C30H48O2. The zero-order valence-corrected chi connectivity index (χ0v) is 21.7. The van der Waals surface area contributed by atoms with Gasteiger partial charge in [-0.05, 0) is 118 Å². The quantitative estimate of drug-likeness (QED) is 0.200. The second-order valence-corrected chi connectivity index (χ2v) is 10.0. The van der Waals surface area contributed by atoms with Crippen LogP contribution >= 0.6 is 0 Å². The number of rotatable bonds is 15. The maximum atomic E-state index is 10.5. The van der Waals surface area contributed by atoms with Crippen molar-refractivity contribution in [1.82, 2.24) is 0 Å². The Bertz CT molecular complexity index is 733. The lowest BCUT2D eigenvalue weighted by Gasteiger charge is -2.17. The summed E-state index contributed by atoms with van der Waals surface area (Å²) in [5.41, 5.74) is 3.23. The average molecular weight is 441 g/mol. The van der Waals surface area contributed by atoms with Gasteiger partial charge >= 0.3 is 0 Å². The largest absolute Gasteiger partial charge is 0.386 e. The van der Waals surface area contributed by atoms with E-state index in [1.165, 1.54) is 22.3 Å². The second-order valence-electron chi connectivity index (χ2n) is 10.0. The van der Waals surface area contributed by atoms with Crippen molar-refractivity contribution >= 4 is 0 Å². The van der Waals surface area contributed by atoms with Gasteiger partial charge in [0.25, 0.3) is 0 Å². The molecule has 0 saturated carbocycles. The zero-order valence-electron chi connectivity index (χ0n) is 21.7. The van der Waals surface area contributed by atoms with Crippen molar-refractivity contribution in [2.24, 2.45) is 0 Å². The summed E-state index contributed by atoms with van der Waals surface area (Å²) < 4.78 is 0. The molecule has 0 rings (SSSR count). The molecule has 0 aliphatic carbocycles. The number of hydrogen-bond acceptors (Lipinski definition) is 2. The molecule has 0 aromatic carbocycles. The lowest BCUT2D eigenvalue weighted by Crippen LogP contribution is -2.21. The molecule has 0 amide bonds. The van der Waals surface area contributed by atoms with E-state index in [1.54, 1.807) is 26.0 Å². The van der Waals surface area contributed by atoms with E-state index in [9.17, 15) is 10.2 Å². The maximum Gasteiger partial charge on any atom is 0.123 e. The highest BCUT2D eigenvalue weighted by Crippen LogP contribution is 2.18. The van der Waals surface area contributed by atoms with Crippen molar-refractivity contribution < 1.29 is 10.2 Å². The van der Waals surface area contributed by atoms with Gasteiger partial charge in [-0.1, -0.05) is 46.3 Å². The van der Waals surface area contributed by atoms with Crippen molar-refractivity contribution in [1.29, 1.82) is 0 Å². The van der Waals surface area contributed by atoms with Crippen LogP contribution in [0.2, 0.25) is 0 Å². The first-order valence-corrected chi connectivity index (χ1v) is 12.1. The van der Waals surface area contributed by atoms with E-state index in [0.29, 0.717) is 12.8 Å². The van der Waals surface area contributed by atoms with E-state index in [-0.39, 0.29) is 0 Å². The van der Waals surface area contributed by atoms with Gasteiger partial charge < -0.3 is 10.2 Å². The van der Waals surface area contributed by atoms with Gasteiger partial charge in [0.15, 0.2) is 0 Å². The fraction of sp³-hybridized carbons (Fsp3) is 0.600. The van der Waals surface area contributed by atoms with Gasteiger partial charge in [-0.15, -0.1) is 13.2 Å². The molecule has 0 saturated heterocycles. The third kappa shape index (κ3) is 18.9. The summed E-state index contributed by atoms with van der Waals surface area (Å²) in [7, 11) is 0. The summed E-state index contributed by atoms with van der Waals surface area (Å²) in [5, 5.41) is 21.0. The lowest BCUT2D eigenvalue weighted by atomic mass is 9.97. The van der Waals surface area contributed by atoms with E-state index in [0.717, 1.165) is 51.4 Å². The maximum absolute atomic E-state index is 10.5. The highest BCUT2D eigenvalue weighted by atomic mass is 16.3. The fourth-order valence-corrected chi connectivity index (χ4v) is 3.32. The Hall–Kier alpha value is -1.82. The van der Waals surface area contributed by atoms with Gasteiger partial charge in [0.2, 0.25) is 0 Å². The molecule has 180 valence electrons. The van der Waals surface area contributed by atoms with Crippen LogP contribution in [0.15, 0.2) is 59.8 Å². The summed E-state index contributed by atoms with van der Waals surface area (Å²) in [6, 6.07) is 0.